The first-order valence-electron chi connectivity index (χ1n) is 6.08. The van der Waals surface area contributed by atoms with Crippen molar-refractivity contribution in [1.29, 1.82) is 0 Å². The van der Waals surface area contributed by atoms with Crippen molar-refractivity contribution >= 4 is 17.5 Å². The van der Waals surface area contributed by atoms with E-state index in [1.165, 1.54) is 26.4 Å². The van der Waals surface area contributed by atoms with Gasteiger partial charge in [-0.1, -0.05) is 6.42 Å². The lowest BCUT2D eigenvalue weighted by atomic mass is 10.0. The molecule has 7 heteroatoms. The van der Waals surface area contributed by atoms with Gasteiger partial charge in [-0.25, -0.2) is 0 Å². The van der Waals surface area contributed by atoms with Gasteiger partial charge in [0.05, 0.1) is 7.11 Å². The normalized spacial score (nSPS) is 20.7. The van der Waals surface area contributed by atoms with Crippen LogP contribution in [0.25, 0.3) is 0 Å². The zero-order chi connectivity index (χ0) is 13.0. The summed E-state index contributed by atoms with van der Waals surface area (Å²) in [6.07, 6.45) is 3.75. The Morgan fingerprint density at radius 1 is 1.39 bits per heavy atom. The minimum absolute atomic E-state index is 0.140. The summed E-state index contributed by atoms with van der Waals surface area (Å²) in [6, 6.07) is 0.745. The summed E-state index contributed by atoms with van der Waals surface area (Å²) in [6.45, 7) is 1.95. The van der Waals surface area contributed by atoms with Gasteiger partial charge in [0.1, 0.15) is 0 Å². The van der Waals surface area contributed by atoms with Gasteiger partial charge in [0.2, 0.25) is 11.2 Å². The van der Waals surface area contributed by atoms with Crippen LogP contribution in [0.15, 0.2) is 0 Å². The molecular weight excluding hydrogens is 254 g/mol. The van der Waals surface area contributed by atoms with Crippen LogP contribution in [0.4, 0.5) is 5.95 Å². The van der Waals surface area contributed by atoms with Crippen LogP contribution < -0.4 is 10.1 Å². The van der Waals surface area contributed by atoms with Crippen LogP contribution in [0.2, 0.25) is 5.28 Å². The third kappa shape index (κ3) is 3.43. The average Bonchev–Trinajstić information content (AvgIpc) is 2.37. The molecule has 1 aromatic rings. The molecule has 2 rings (SSSR count). The Balaban J connectivity index is 1.94. The molecule has 100 valence electrons. The zero-order valence-corrected chi connectivity index (χ0v) is 11.4. The summed E-state index contributed by atoms with van der Waals surface area (Å²) in [5.74, 6) is 0.464. The van der Waals surface area contributed by atoms with Crippen molar-refractivity contribution in [3.8, 4) is 6.01 Å². The van der Waals surface area contributed by atoms with Crippen LogP contribution in [-0.2, 0) is 0 Å². The standard InChI is InChI=1S/C11H18ClN5O/c1-17-6-4-3-5-8(17)7-13-10-14-9(12)15-11(16-10)18-2/h8H,3-7H2,1-2H3,(H,13,14,15,16). The van der Waals surface area contributed by atoms with Gasteiger partial charge in [0.25, 0.3) is 0 Å². The van der Waals surface area contributed by atoms with E-state index in [0.29, 0.717) is 12.0 Å². The van der Waals surface area contributed by atoms with Crippen LogP contribution in [0.5, 0.6) is 6.01 Å². The molecule has 1 aliphatic rings. The van der Waals surface area contributed by atoms with E-state index in [1.807, 2.05) is 0 Å². The van der Waals surface area contributed by atoms with E-state index in [4.69, 9.17) is 16.3 Å². The maximum atomic E-state index is 5.79. The summed E-state index contributed by atoms with van der Waals surface area (Å²) in [7, 11) is 3.65. The van der Waals surface area contributed by atoms with E-state index in [0.717, 1.165) is 13.1 Å². The molecule has 0 saturated carbocycles. The highest BCUT2D eigenvalue weighted by atomic mass is 35.5. The number of ether oxygens (including phenoxy) is 1. The Morgan fingerprint density at radius 2 is 2.22 bits per heavy atom. The number of rotatable bonds is 4. The lowest BCUT2D eigenvalue weighted by Gasteiger charge is -2.32. The minimum atomic E-state index is 0.140. The molecule has 2 heterocycles. The van der Waals surface area contributed by atoms with Crippen LogP contribution in [0, 0.1) is 0 Å². The molecule has 18 heavy (non-hydrogen) atoms. The quantitative estimate of drug-likeness (QED) is 0.894. The zero-order valence-electron chi connectivity index (χ0n) is 10.7. The molecular formula is C11H18ClN5O. The Morgan fingerprint density at radius 3 is 2.94 bits per heavy atom. The van der Waals surface area contributed by atoms with Crippen molar-refractivity contribution in [3.63, 3.8) is 0 Å². The summed E-state index contributed by atoms with van der Waals surface area (Å²) in [4.78, 5) is 14.3. The van der Waals surface area contributed by atoms with E-state index in [1.54, 1.807) is 0 Å². The van der Waals surface area contributed by atoms with Gasteiger partial charge in [0, 0.05) is 12.6 Å². The number of hydrogen-bond donors (Lipinski definition) is 1. The molecule has 1 aromatic heterocycles. The van der Waals surface area contributed by atoms with Crippen molar-refractivity contribution in [2.24, 2.45) is 0 Å². The molecule has 1 saturated heterocycles. The van der Waals surface area contributed by atoms with Gasteiger partial charge in [-0.15, -0.1) is 0 Å². The highest BCUT2D eigenvalue weighted by Crippen LogP contribution is 2.16. The lowest BCUT2D eigenvalue weighted by molar-refractivity contribution is 0.194. The topological polar surface area (TPSA) is 63.2 Å². The Labute approximate surface area is 112 Å². The highest BCUT2D eigenvalue weighted by molar-refractivity contribution is 6.28. The molecule has 1 fully saturated rings. The van der Waals surface area contributed by atoms with Crippen LogP contribution >= 0.6 is 11.6 Å². The summed E-state index contributed by atoms with van der Waals surface area (Å²) < 4.78 is 4.95. The third-order valence-corrected chi connectivity index (χ3v) is 3.36. The molecule has 6 nitrogen and oxygen atoms in total. The summed E-state index contributed by atoms with van der Waals surface area (Å²) >= 11 is 5.79. The van der Waals surface area contributed by atoms with Gasteiger partial charge in [-0.3, -0.25) is 0 Å². The number of likely N-dealkylation sites (tertiary alicyclic amines) is 1. The van der Waals surface area contributed by atoms with Crippen molar-refractivity contribution < 1.29 is 4.74 Å². The molecule has 1 N–H and O–H groups in total. The molecule has 1 atom stereocenters. The first-order valence-corrected chi connectivity index (χ1v) is 6.46. The van der Waals surface area contributed by atoms with Crippen molar-refractivity contribution in [2.75, 3.05) is 32.6 Å². The van der Waals surface area contributed by atoms with Crippen molar-refractivity contribution in [3.05, 3.63) is 5.28 Å². The number of aromatic nitrogens is 3. The van der Waals surface area contributed by atoms with E-state index in [9.17, 15) is 0 Å². The van der Waals surface area contributed by atoms with E-state index >= 15 is 0 Å². The fourth-order valence-electron chi connectivity index (χ4n) is 2.11. The number of nitrogens with zero attached hydrogens (tertiary/aromatic N) is 4. The van der Waals surface area contributed by atoms with Gasteiger partial charge >= 0.3 is 6.01 Å². The number of piperidine rings is 1. The summed E-state index contributed by atoms with van der Waals surface area (Å²) in [5.41, 5.74) is 0. The SMILES string of the molecule is COc1nc(Cl)nc(NCC2CCCCN2C)n1. The van der Waals surface area contributed by atoms with Gasteiger partial charge in [0.15, 0.2) is 0 Å². The second kappa shape index (κ2) is 6.15. The largest absolute Gasteiger partial charge is 0.467 e. The Hall–Kier alpha value is -1.14. The number of likely N-dealkylation sites (N-methyl/N-ethyl adjacent to an activating group) is 1. The summed E-state index contributed by atoms with van der Waals surface area (Å²) in [5, 5.41) is 3.33. The fourth-order valence-corrected chi connectivity index (χ4v) is 2.27. The predicted octanol–water partition coefficient (Wildman–Crippen LogP) is 1.43. The predicted molar refractivity (Wildman–Crippen MR) is 70.1 cm³/mol. The minimum Gasteiger partial charge on any atom is -0.467 e. The first kappa shape index (κ1) is 13.3. The van der Waals surface area contributed by atoms with E-state index in [-0.39, 0.29) is 11.3 Å². The van der Waals surface area contributed by atoms with Gasteiger partial charge in [-0.05, 0) is 38.0 Å². The van der Waals surface area contributed by atoms with Gasteiger partial charge in [-0.2, -0.15) is 15.0 Å². The van der Waals surface area contributed by atoms with Crippen molar-refractivity contribution in [2.45, 2.75) is 25.3 Å². The molecule has 0 aromatic carbocycles. The number of halogens is 1. The lowest BCUT2D eigenvalue weighted by Crippen LogP contribution is -2.41. The van der Waals surface area contributed by atoms with Crippen molar-refractivity contribution in [1.82, 2.24) is 19.9 Å². The first-order chi connectivity index (χ1) is 8.69. The van der Waals surface area contributed by atoms with Crippen LogP contribution in [0.3, 0.4) is 0 Å². The maximum Gasteiger partial charge on any atom is 0.322 e. The molecule has 0 amide bonds. The Kier molecular flexibility index (Phi) is 4.54. The number of nitrogens with one attached hydrogen (secondary N) is 1. The molecule has 0 aliphatic carbocycles. The smallest absolute Gasteiger partial charge is 0.322 e. The van der Waals surface area contributed by atoms with E-state index in [2.05, 4.69) is 32.2 Å². The van der Waals surface area contributed by atoms with Crippen LogP contribution in [-0.4, -0.2) is 53.1 Å². The monoisotopic (exact) mass is 271 g/mol. The van der Waals surface area contributed by atoms with Gasteiger partial charge < -0.3 is 15.0 Å². The van der Waals surface area contributed by atoms with E-state index < -0.39 is 0 Å². The fraction of sp³-hybridized carbons (Fsp3) is 0.727. The molecule has 0 bridgehead atoms. The maximum absolute atomic E-state index is 5.79. The average molecular weight is 272 g/mol. The second-order valence-electron chi connectivity index (χ2n) is 4.43. The number of methoxy groups -OCH3 is 1. The molecule has 1 unspecified atom stereocenters. The second-order valence-corrected chi connectivity index (χ2v) is 4.76. The molecule has 0 spiro atoms. The molecule has 1 aliphatic heterocycles. The molecule has 0 radical (unpaired) electrons. The van der Waals surface area contributed by atoms with Crippen LogP contribution in [0.1, 0.15) is 19.3 Å². The third-order valence-electron chi connectivity index (χ3n) is 3.19. The highest BCUT2D eigenvalue weighted by Gasteiger charge is 2.18. The number of hydrogen-bond acceptors (Lipinski definition) is 6. The Bertz CT molecular complexity index is 403. The number of anilines is 1.